The first-order valence-electron chi connectivity index (χ1n) is 3.70. The van der Waals surface area contributed by atoms with E-state index in [0.717, 1.165) is 30.9 Å². The van der Waals surface area contributed by atoms with Crippen molar-refractivity contribution in [3.63, 3.8) is 0 Å². The number of hydrogen-bond donors (Lipinski definition) is 1. The fraction of sp³-hybridized carbons (Fsp3) is 0.375. The molecule has 1 N–H and O–H groups in total. The third-order valence-electron chi connectivity index (χ3n) is 2.02. The van der Waals surface area contributed by atoms with E-state index < -0.39 is 0 Å². The van der Waals surface area contributed by atoms with Crippen LogP contribution in [-0.2, 0) is 13.1 Å². The van der Waals surface area contributed by atoms with Crippen molar-refractivity contribution in [3.05, 3.63) is 23.5 Å². The van der Waals surface area contributed by atoms with Crippen molar-refractivity contribution in [1.82, 2.24) is 9.88 Å². The molecule has 0 amide bonds. The van der Waals surface area contributed by atoms with Gasteiger partial charge in [-0.25, -0.2) is 0 Å². The van der Waals surface area contributed by atoms with Gasteiger partial charge in [0.05, 0.1) is 5.56 Å². The number of aromatic nitrogens is 1. The van der Waals surface area contributed by atoms with Gasteiger partial charge in [0.15, 0.2) is 0 Å². The molecule has 0 unspecified atom stereocenters. The van der Waals surface area contributed by atoms with Crippen LogP contribution in [0.2, 0.25) is 0 Å². The summed E-state index contributed by atoms with van der Waals surface area (Å²) < 4.78 is 2.13. The van der Waals surface area contributed by atoms with Crippen LogP contribution in [0.5, 0.6) is 0 Å². The average Bonchev–Trinajstić information content (AvgIpc) is 2.47. The largest absolute Gasteiger partial charge is 0.348 e. The standard InChI is InChI=1S/C8H9N3/c9-5-7-1-3-11-4-2-10-6-8(7)11/h1,3,10H,2,4,6H2. The lowest BCUT2D eigenvalue weighted by molar-refractivity contribution is 0.516. The third-order valence-corrected chi connectivity index (χ3v) is 2.02. The summed E-state index contributed by atoms with van der Waals surface area (Å²) >= 11 is 0. The Morgan fingerprint density at radius 3 is 3.36 bits per heavy atom. The van der Waals surface area contributed by atoms with Crippen LogP contribution in [0, 0.1) is 11.3 Å². The maximum Gasteiger partial charge on any atom is 0.101 e. The van der Waals surface area contributed by atoms with E-state index in [1.54, 1.807) is 0 Å². The van der Waals surface area contributed by atoms with Crippen LogP contribution in [0.1, 0.15) is 11.3 Å². The molecule has 2 rings (SSSR count). The Balaban J connectivity index is 2.48. The van der Waals surface area contributed by atoms with Gasteiger partial charge in [-0.05, 0) is 6.07 Å². The van der Waals surface area contributed by atoms with E-state index in [1.807, 2.05) is 12.3 Å². The number of rotatable bonds is 0. The van der Waals surface area contributed by atoms with Crippen molar-refractivity contribution < 1.29 is 0 Å². The van der Waals surface area contributed by atoms with Crippen molar-refractivity contribution in [2.45, 2.75) is 13.1 Å². The van der Waals surface area contributed by atoms with Crippen LogP contribution >= 0.6 is 0 Å². The number of nitrogens with zero attached hydrogens (tertiary/aromatic N) is 2. The molecule has 0 saturated heterocycles. The Morgan fingerprint density at radius 2 is 2.55 bits per heavy atom. The van der Waals surface area contributed by atoms with E-state index in [4.69, 9.17) is 5.26 Å². The minimum Gasteiger partial charge on any atom is -0.348 e. The number of fused-ring (bicyclic) bond motifs is 1. The van der Waals surface area contributed by atoms with Gasteiger partial charge in [0.25, 0.3) is 0 Å². The molecule has 1 aromatic rings. The topological polar surface area (TPSA) is 40.8 Å². The number of nitrogens with one attached hydrogen (secondary N) is 1. The summed E-state index contributed by atoms with van der Waals surface area (Å²) in [5, 5.41) is 11.9. The zero-order valence-electron chi connectivity index (χ0n) is 6.17. The summed E-state index contributed by atoms with van der Waals surface area (Å²) in [4.78, 5) is 0. The van der Waals surface area contributed by atoms with Gasteiger partial charge in [0, 0.05) is 31.5 Å². The molecule has 1 aliphatic rings. The molecule has 0 atom stereocenters. The molecule has 11 heavy (non-hydrogen) atoms. The summed E-state index contributed by atoms with van der Waals surface area (Å²) in [7, 11) is 0. The molecule has 3 heteroatoms. The molecule has 0 spiro atoms. The molecule has 0 aromatic carbocycles. The van der Waals surface area contributed by atoms with Gasteiger partial charge in [-0.1, -0.05) is 0 Å². The average molecular weight is 147 g/mol. The first-order chi connectivity index (χ1) is 5.42. The van der Waals surface area contributed by atoms with Crippen molar-refractivity contribution in [1.29, 1.82) is 5.26 Å². The third kappa shape index (κ3) is 0.920. The molecule has 0 aliphatic carbocycles. The predicted molar refractivity (Wildman–Crippen MR) is 40.9 cm³/mol. The highest BCUT2D eigenvalue weighted by Crippen LogP contribution is 2.11. The van der Waals surface area contributed by atoms with E-state index >= 15 is 0 Å². The van der Waals surface area contributed by atoms with Crippen LogP contribution < -0.4 is 5.32 Å². The maximum atomic E-state index is 8.69. The van der Waals surface area contributed by atoms with E-state index in [2.05, 4.69) is 16.0 Å². The molecule has 56 valence electrons. The Morgan fingerprint density at radius 1 is 1.64 bits per heavy atom. The van der Waals surface area contributed by atoms with Crippen molar-refractivity contribution >= 4 is 0 Å². The lowest BCUT2D eigenvalue weighted by Crippen LogP contribution is -2.27. The minimum absolute atomic E-state index is 0.803. The first kappa shape index (κ1) is 6.44. The van der Waals surface area contributed by atoms with E-state index in [1.165, 1.54) is 0 Å². The first-order valence-corrected chi connectivity index (χ1v) is 3.70. The molecule has 3 nitrogen and oxygen atoms in total. The zero-order chi connectivity index (χ0) is 7.68. The van der Waals surface area contributed by atoms with Crippen LogP contribution in [0.4, 0.5) is 0 Å². The molecule has 1 aliphatic heterocycles. The lowest BCUT2D eigenvalue weighted by Gasteiger charge is -2.16. The second kappa shape index (κ2) is 2.40. The minimum atomic E-state index is 0.803. The molecule has 1 aromatic heterocycles. The molecule has 0 saturated carbocycles. The fourth-order valence-corrected chi connectivity index (χ4v) is 1.42. The quantitative estimate of drug-likeness (QED) is 0.579. The van der Waals surface area contributed by atoms with Crippen molar-refractivity contribution in [2.75, 3.05) is 6.54 Å². The highest BCUT2D eigenvalue weighted by molar-refractivity contribution is 5.35. The van der Waals surface area contributed by atoms with Gasteiger partial charge in [-0.3, -0.25) is 0 Å². The SMILES string of the molecule is N#Cc1ccn2c1CNCC2. The number of hydrogen-bond acceptors (Lipinski definition) is 2. The predicted octanol–water partition coefficient (Wildman–Crippen LogP) is 0.463. The fourth-order valence-electron chi connectivity index (χ4n) is 1.42. The van der Waals surface area contributed by atoms with Gasteiger partial charge in [0.1, 0.15) is 6.07 Å². The molecule has 0 bridgehead atoms. The summed E-state index contributed by atoms with van der Waals surface area (Å²) in [5.41, 5.74) is 1.93. The van der Waals surface area contributed by atoms with E-state index in [9.17, 15) is 0 Å². The Hall–Kier alpha value is -1.27. The van der Waals surface area contributed by atoms with Crippen molar-refractivity contribution in [3.8, 4) is 6.07 Å². The molecular weight excluding hydrogens is 138 g/mol. The lowest BCUT2D eigenvalue weighted by atomic mass is 10.2. The van der Waals surface area contributed by atoms with Crippen molar-refractivity contribution in [2.24, 2.45) is 0 Å². The van der Waals surface area contributed by atoms with Gasteiger partial charge in [-0.15, -0.1) is 0 Å². The van der Waals surface area contributed by atoms with Crippen LogP contribution in [-0.4, -0.2) is 11.1 Å². The van der Waals surface area contributed by atoms with Gasteiger partial charge >= 0.3 is 0 Å². The van der Waals surface area contributed by atoms with E-state index in [-0.39, 0.29) is 0 Å². The zero-order valence-corrected chi connectivity index (χ0v) is 6.17. The Bertz CT molecular complexity index is 306. The number of nitriles is 1. The van der Waals surface area contributed by atoms with Crippen LogP contribution in [0.3, 0.4) is 0 Å². The van der Waals surface area contributed by atoms with Gasteiger partial charge < -0.3 is 9.88 Å². The van der Waals surface area contributed by atoms with Crippen LogP contribution in [0.15, 0.2) is 12.3 Å². The molecule has 0 fully saturated rings. The highest BCUT2D eigenvalue weighted by atomic mass is 15.1. The van der Waals surface area contributed by atoms with E-state index in [0.29, 0.717) is 0 Å². The summed E-state index contributed by atoms with van der Waals surface area (Å²) in [6, 6.07) is 4.05. The monoisotopic (exact) mass is 147 g/mol. The molecular formula is C8H9N3. The Kier molecular flexibility index (Phi) is 1.41. The summed E-state index contributed by atoms with van der Waals surface area (Å²) in [6.45, 7) is 2.82. The van der Waals surface area contributed by atoms with Crippen LogP contribution in [0.25, 0.3) is 0 Å². The normalized spacial score (nSPS) is 15.5. The molecule has 0 radical (unpaired) electrons. The summed E-state index contributed by atoms with van der Waals surface area (Å²) in [6.07, 6.45) is 1.98. The highest BCUT2D eigenvalue weighted by Gasteiger charge is 2.11. The second-order valence-electron chi connectivity index (χ2n) is 2.66. The van der Waals surface area contributed by atoms with Gasteiger partial charge in [0.2, 0.25) is 0 Å². The van der Waals surface area contributed by atoms with Gasteiger partial charge in [-0.2, -0.15) is 5.26 Å². The summed E-state index contributed by atoms with van der Waals surface area (Å²) in [5.74, 6) is 0. The maximum absolute atomic E-state index is 8.69. The smallest absolute Gasteiger partial charge is 0.101 e. The molecule has 2 heterocycles. The second-order valence-corrected chi connectivity index (χ2v) is 2.66. The Labute approximate surface area is 65.2 Å².